The quantitative estimate of drug-likeness (QED) is 0.810. The van der Waals surface area contributed by atoms with E-state index in [0.717, 1.165) is 6.26 Å². The van der Waals surface area contributed by atoms with Gasteiger partial charge in [-0.05, 0) is 42.8 Å². The molecule has 4 nitrogen and oxygen atoms in total. The summed E-state index contributed by atoms with van der Waals surface area (Å²) >= 11 is 18.0. The van der Waals surface area contributed by atoms with Crippen molar-refractivity contribution in [2.75, 3.05) is 6.26 Å². The largest absolute Gasteiger partial charge is 0.345 e. The summed E-state index contributed by atoms with van der Waals surface area (Å²) < 4.78 is 23.3. The van der Waals surface area contributed by atoms with Crippen LogP contribution in [0.2, 0.25) is 15.1 Å². The maximum Gasteiger partial charge on any atom is 0.253 e. The Hall–Kier alpha value is -1.27. The lowest BCUT2D eigenvalue weighted by Crippen LogP contribution is -2.27. The molecule has 2 aromatic rings. The molecule has 1 unspecified atom stereocenters. The van der Waals surface area contributed by atoms with Gasteiger partial charge in [-0.15, -0.1) is 0 Å². The third-order valence-corrected chi connectivity index (χ3v) is 5.39. The van der Waals surface area contributed by atoms with E-state index in [1.807, 2.05) is 0 Å². The molecule has 0 saturated carbocycles. The topological polar surface area (TPSA) is 63.2 Å². The predicted molar refractivity (Wildman–Crippen MR) is 96.9 cm³/mol. The average molecular weight is 407 g/mol. The van der Waals surface area contributed by atoms with Gasteiger partial charge in [-0.3, -0.25) is 4.79 Å². The van der Waals surface area contributed by atoms with Crippen molar-refractivity contribution >= 4 is 50.5 Å². The van der Waals surface area contributed by atoms with Crippen LogP contribution >= 0.6 is 34.8 Å². The van der Waals surface area contributed by atoms with Crippen molar-refractivity contribution in [1.82, 2.24) is 5.32 Å². The first kappa shape index (κ1) is 19.1. The van der Waals surface area contributed by atoms with Gasteiger partial charge in [0.2, 0.25) is 0 Å². The Labute approximate surface area is 155 Å². The SMILES string of the molecule is CC(NC(=O)c1cc(S(C)(=O)=O)ccc1Cl)c1ccc(Cl)cc1Cl. The molecule has 0 aromatic heterocycles. The van der Waals surface area contributed by atoms with Gasteiger partial charge in [-0.25, -0.2) is 8.42 Å². The number of hydrogen-bond acceptors (Lipinski definition) is 3. The van der Waals surface area contributed by atoms with E-state index in [-0.39, 0.29) is 15.5 Å². The number of carbonyl (C=O) groups is 1. The molecule has 0 saturated heterocycles. The second-order valence-corrected chi connectivity index (χ2v) is 8.54. The van der Waals surface area contributed by atoms with Crippen LogP contribution < -0.4 is 5.32 Å². The van der Waals surface area contributed by atoms with Gasteiger partial charge in [-0.2, -0.15) is 0 Å². The first-order chi connectivity index (χ1) is 11.1. The van der Waals surface area contributed by atoms with Gasteiger partial charge in [0.15, 0.2) is 9.84 Å². The summed E-state index contributed by atoms with van der Waals surface area (Å²) in [5, 5.41) is 3.82. The maximum absolute atomic E-state index is 12.4. The Kier molecular flexibility index (Phi) is 5.81. The molecular formula is C16H14Cl3NO3S. The normalized spacial score (nSPS) is 12.7. The van der Waals surface area contributed by atoms with E-state index in [1.54, 1.807) is 25.1 Å². The zero-order chi connectivity index (χ0) is 18.1. The number of hydrogen-bond donors (Lipinski definition) is 1. The second kappa shape index (κ2) is 7.31. The molecule has 0 fully saturated rings. The minimum Gasteiger partial charge on any atom is -0.345 e. The predicted octanol–water partition coefficient (Wildman–Crippen LogP) is 4.54. The molecule has 2 aromatic carbocycles. The molecule has 1 amide bonds. The fourth-order valence-electron chi connectivity index (χ4n) is 2.11. The summed E-state index contributed by atoms with van der Waals surface area (Å²) in [6, 6.07) is 8.54. The van der Waals surface area contributed by atoms with E-state index in [9.17, 15) is 13.2 Å². The Morgan fingerprint density at radius 3 is 2.29 bits per heavy atom. The van der Waals surface area contributed by atoms with Crippen LogP contribution in [0.25, 0.3) is 0 Å². The third-order valence-electron chi connectivity index (χ3n) is 3.39. The van der Waals surface area contributed by atoms with Gasteiger partial charge >= 0.3 is 0 Å². The van der Waals surface area contributed by atoms with Crippen LogP contribution in [0.3, 0.4) is 0 Å². The number of benzene rings is 2. The van der Waals surface area contributed by atoms with E-state index < -0.39 is 21.8 Å². The van der Waals surface area contributed by atoms with E-state index in [0.29, 0.717) is 15.6 Å². The minimum atomic E-state index is -3.44. The van der Waals surface area contributed by atoms with Crippen molar-refractivity contribution in [3.63, 3.8) is 0 Å². The van der Waals surface area contributed by atoms with Crippen molar-refractivity contribution in [3.05, 3.63) is 62.6 Å². The molecule has 1 atom stereocenters. The van der Waals surface area contributed by atoms with Crippen LogP contribution in [-0.4, -0.2) is 20.6 Å². The summed E-state index contributed by atoms with van der Waals surface area (Å²) in [6.45, 7) is 1.75. The van der Waals surface area contributed by atoms with E-state index in [2.05, 4.69) is 5.32 Å². The number of halogens is 3. The minimum absolute atomic E-state index is 0.0224. The van der Waals surface area contributed by atoms with Gasteiger partial charge < -0.3 is 5.32 Å². The molecule has 128 valence electrons. The summed E-state index contributed by atoms with van der Waals surface area (Å²) in [7, 11) is -3.44. The summed E-state index contributed by atoms with van der Waals surface area (Å²) in [5.74, 6) is -0.496. The molecule has 2 rings (SSSR count). The highest BCUT2D eigenvalue weighted by atomic mass is 35.5. The number of sulfone groups is 1. The maximum atomic E-state index is 12.4. The monoisotopic (exact) mass is 405 g/mol. The van der Waals surface area contributed by atoms with E-state index >= 15 is 0 Å². The zero-order valence-corrected chi connectivity index (χ0v) is 15.9. The van der Waals surface area contributed by atoms with Crippen molar-refractivity contribution in [3.8, 4) is 0 Å². The van der Waals surface area contributed by atoms with Gasteiger partial charge in [0, 0.05) is 16.3 Å². The number of nitrogens with one attached hydrogen (secondary N) is 1. The highest BCUT2D eigenvalue weighted by molar-refractivity contribution is 7.90. The van der Waals surface area contributed by atoms with Gasteiger partial charge in [0.05, 0.1) is 21.5 Å². The standard InChI is InChI=1S/C16H14Cl3NO3S/c1-9(12-5-3-10(17)7-15(12)19)20-16(21)13-8-11(24(2,22)23)4-6-14(13)18/h3-9H,1-2H3,(H,20,21). The van der Waals surface area contributed by atoms with Crippen LogP contribution in [0, 0.1) is 0 Å². The van der Waals surface area contributed by atoms with Gasteiger partial charge in [-0.1, -0.05) is 40.9 Å². The molecular weight excluding hydrogens is 393 g/mol. The second-order valence-electron chi connectivity index (χ2n) is 5.27. The molecule has 0 aliphatic rings. The fourth-order valence-corrected chi connectivity index (χ4v) is 3.54. The lowest BCUT2D eigenvalue weighted by atomic mass is 10.1. The Bertz CT molecular complexity index is 897. The summed E-state index contributed by atoms with van der Waals surface area (Å²) in [5.41, 5.74) is 0.765. The highest BCUT2D eigenvalue weighted by Crippen LogP contribution is 2.27. The van der Waals surface area contributed by atoms with Gasteiger partial charge in [0.25, 0.3) is 5.91 Å². The molecule has 0 heterocycles. The first-order valence-corrected chi connectivity index (χ1v) is 9.87. The average Bonchev–Trinajstić information content (AvgIpc) is 2.45. The van der Waals surface area contributed by atoms with Crippen LogP contribution in [0.4, 0.5) is 0 Å². The third kappa shape index (κ3) is 4.42. The summed E-state index contributed by atoms with van der Waals surface area (Å²) in [6.07, 6.45) is 1.06. The van der Waals surface area contributed by atoms with Gasteiger partial charge in [0.1, 0.15) is 0 Å². The van der Waals surface area contributed by atoms with Crippen molar-refractivity contribution in [2.45, 2.75) is 17.9 Å². The number of carbonyl (C=O) groups excluding carboxylic acids is 1. The lowest BCUT2D eigenvalue weighted by Gasteiger charge is -2.17. The van der Waals surface area contributed by atoms with Crippen LogP contribution in [0.5, 0.6) is 0 Å². The lowest BCUT2D eigenvalue weighted by molar-refractivity contribution is 0.0940. The highest BCUT2D eigenvalue weighted by Gasteiger charge is 2.18. The van der Waals surface area contributed by atoms with Crippen molar-refractivity contribution in [2.24, 2.45) is 0 Å². The molecule has 0 bridgehead atoms. The van der Waals surface area contributed by atoms with E-state index in [1.165, 1.54) is 18.2 Å². The molecule has 0 aliphatic carbocycles. The molecule has 0 spiro atoms. The molecule has 0 aliphatic heterocycles. The van der Waals surface area contributed by atoms with Crippen LogP contribution in [-0.2, 0) is 9.84 Å². The molecule has 8 heteroatoms. The zero-order valence-electron chi connectivity index (χ0n) is 12.8. The Morgan fingerprint density at radius 2 is 1.71 bits per heavy atom. The molecule has 24 heavy (non-hydrogen) atoms. The molecule has 1 N–H and O–H groups in total. The smallest absolute Gasteiger partial charge is 0.253 e. The van der Waals surface area contributed by atoms with Crippen LogP contribution in [0.15, 0.2) is 41.3 Å². The van der Waals surface area contributed by atoms with Crippen molar-refractivity contribution < 1.29 is 13.2 Å². The van der Waals surface area contributed by atoms with Crippen molar-refractivity contribution in [1.29, 1.82) is 0 Å². The van der Waals surface area contributed by atoms with Crippen LogP contribution in [0.1, 0.15) is 28.9 Å². The summed E-state index contributed by atoms with van der Waals surface area (Å²) in [4.78, 5) is 12.5. The Morgan fingerprint density at radius 1 is 1.04 bits per heavy atom. The van der Waals surface area contributed by atoms with E-state index in [4.69, 9.17) is 34.8 Å². The first-order valence-electron chi connectivity index (χ1n) is 6.85. The molecule has 0 radical (unpaired) electrons. The number of rotatable bonds is 4. The Balaban J connectivity index is 2.29. The fraction of sp³-hybridized carbons (Fsp3) is 0.188. The number of amides is 1.